The van der Waals surface area contributed by atoms with Crippen LogP contribution in [0, 0.1) is 0 Å². The van der Waals surface area contributed by atoms with Crippen LogP contribution in [-0.2, 0) is 11.2 Å². The summed E-state index contributed by atoms with van der Waals surface area (Å²) >= 11 is 0. The van der Waals surface area contributed by atoms with Gasteiger partial charge in [-0.1, -0.05) is 12.1 Å². The lowest BCUT2D eigenvalue weighted by Crippen LogP contribution is -2.45. The van der Waals surface area contributed by atoms with Gasteiger partial charge < -0.3 is 14.6 Å². The Hall–Kier alpha value is -0.980. The molecular weight excluding hydrogens is 256 g/mol. The quantitative estimate of drug-likeness (QED) is 0.873. The third kappa shape index (κ3) is 3.19. The van der Waals surface area contributed by atoms with E-state index in [4.69, 9.17) is 9.26 Å². The predicted molar refractivity (Wildman–Crippen MR) is 74.5 cm³/mol. The Morgan fingerprint density at radius 1 is 1.40 bits per heavy atom. The van der Waals surface area contributed by atoms with Crippen molar-refractivity contribution in [1.29, 1.82) is 0 Å². The molecule has 0 radical (unpaired) electrons. The monoisotopic (exact) mass is 280 g/mol. The fraction of sp³-hybridized carbons (Fsp3) is 0.857. The number of hydrogen-bond donors (Lipinski definition) is 1. The summed E-state index contributed by atoms with van der Waals surface area (Å²) in [7, 11) is 0. The highest BCUT2D eigenvalue weighted by Gasteiger charge is 2.26. The van der Waals surface area contributed by atoms with Gasteiger partial charge in [0, 0.05) is 32.8 Å². The summed E-state index contributed by atoms with van der Waals surface area (Å²) in [5, 5.41) is 7.58. The third-order valence-electron chi connectivity index (χ3n) is 4.19. The van der Waals surface area contributed by atoms with E-state index in [1.54, 1.807) is 0 Å². The average molecular weight is 280 g/mol. The molecule has 1 aromatic heterocycles. The van der Waals surface area contributed by atoms with Gasteiger partial charge in [0.1, 0.15) is 0 Å². The topological polar surface area (TPSA) is 63.4 Å². The minimum atomic E-state index is 0.266. The molecular formula is C14H24N4O2. The molecule has 3 rings (SSSR count). The second-order valence-corrected chi connectivity index (χ2v) is 5.60. The Kier molecular flexibility index (Phi) is 4.65. The maximum Gasteiger partial charge on any atom is 0.229 e. The highest BCUT2D eigenvalue weighted by molar-refractivity contribution is 4.97. The van der Waals surface area contributed by atoms with Crippen molar-refractivity contribution < 1.29 is 9.26 Å². The standard InChI is InChI=1S/C14H24N4O2/c1-2-12(18-7-5-15-6-8-18)14-16-13(20-17-14)10-11-4-3-9-19-11/h11-12,15H,2-10H2,1H3. The van der Waals surface area contributed by atoms with Crippen molar-refractivity contribution in [2.24, 2.45) is 0 Å². The zero-order chi connectivity index (χ0) is 13.8. The summed E-state index contributed by atoms with van der Waals surface area (Å²) in [6.07, 6.45) is 4.28. The minimum absolute atomic E-state index is 0.266. The highest BCUT2D eigenvalue weighted by atomic mass is 16.5. The van der Waals surface area contributed by atoms with E-state index in [0.717, 1.165) is 70.2 Å². The molecule has 0 saturated carbocycles. The molecule has 6 heteroatoms. The number of piperazine rings is 1. The first-order chi connectivity index (χ1) is 9.86. The van der Waals surface area contributed by atoms with E-state index in [1.165, 1.54) is 0 Å². The first-order valence-electron chi connectivity index (χ1n) is 7.75. The molecule has 1 N–H and O–H groups in total. The summed E-state index contributed by atoms with van der Waals surface area (Å²) in [5.74, 6) is 1.56. The zero-order valence-electron chi connectivity index (χ0n) is 12.2. The molecule has 2 aliphatic heterocycles. The van der Waals surface area contributed by atoms with Crippen LogP contribution in [0.25, 0.3) is 0 Å². The molecule has 2 atom stereocenters. The van der Waals surface area contributed by atoms with Gasteiger partial charge >= 0.3 is 0 Å². The van der Waals surface area contributed by atoms with E-state index in [9.17, 15) is 0 Å². The maximum absolute atomic E-state index is 5.62. The maximum atomic E-state index is 5.62. The summed E-state index contributed by atoms with van der Waals surface area (Å²) in [6.45, 7) is 7.23. The smallest absolute Gasteiger partial charge is 0.229 e. The number of nitrogens with one attached hydrogen (secondary N) is 1. The first-order valence-corrected chi connectivity index (χ1v) is 7.75. The fourth-order valence-corrected chi connectivity index (χ4v) is 3.08. The molecule has 20 heavy (non-hydrogen) atoms. The van der Waals surface area contributed by atoms with Gasteiger partial charge in [0.05, 0.1) is 18.6 Å². The fourth-order valence-electron chi connectivity index (χ4n) is 3.08. The van der Waals surface area contributed by atoms with Crippen molar-refractivity contribution in [3.63, 3.8) is 0 Å². The summed E-state index contributed by atoms with van der Waals surface area (Å²) in [5.41, 5.74) is 0. The van der Waals surface area contributed by atoms with Gasteiger partial charge in [-0.15, -0.1) is 0 Å². The van der Waals surface area contributed by atoms with Gasteiger partial charge in [-0.2, -0.15) is 4.98 Å². The van der Waals surface area contributed by atoms with Crippen LogP contribution in [0.1, 0.15) is 43.9 Å². The molecule has 0 aromatic carbocycles. The second kappa shape index (κ2) is 6.65. The number of hydrogen-bond acceptors (Lipinski definition) is 6. The molecule has 2 fully saturated rings. The van der Waals surface area contributed by atoms with Gasteiger partial charge in [0.2, 0.25) is 5.89 Å². The van der Waals surface area contributed by atoms with Crippen LogP contribution >= 0.6 is 0 Å². The lowest BCUT2D eigenvalue weighted by atomic mass is 10.1. The van der Waals surface area contributed by atoms with E-state index in [-0.39, 0.29) is 12.1 Å². The van der Waals surface area contributed by atoms with Gasteiger partial charge in [-0.25, -0.2) is 0 Å². The van der Waals surface area contributed by atoms with E-state index in [2.05, 4.69) is 27.3 Å². The Labute approximate surface area is 119 Å². The number of nitrogens with zero attached hydrogens (tertiary/aromatic N) is 3. The third-order valence-corrected chi connectivity index (χ3v) is 4.19. The zero-order valence-corrected chi connectivity index (χ0v) is 12.2. The van der Waals surface area contributed by atoms with Crippen LogP contribution in [0.4, 0.5) is 0 Å². The van der Waals surface area contributed by atoms with Crippen molar-refractivity contribution in [3.8, 4) is 0 Å². The predicted octanol–water partition coefficient (Wildman–Crippen LogP) is 1.15. The van der Waals surface area contributed by atoms with Crippen LogP contribution in [0.3, 0.4) is 0 Å². The normalized spacial score (nSPS) is 25.9. The van der Waals surface area contributed by atoms with Crippen LogP contribution < -0.4 is 5.32 Å². The molecule has 2 saturated heterocycles. The first kappa shape index (κ1) is 14.0. The molecule has 2 unspecified atom stereocenters. The van der Waals surface area contributed by atoms with Crippen LogP contribution in [-0.4, -0.2) is 53.9 Å². The van der Waals surface area contributed by atoms with Crippen LogP contribution in [0.5, 0.6) is 0 Å². The number of rotatable bonds is 5. The molecule has 0 bridgehead atoms. The van der Waals surface area contributed by atoms with Crippen molar-refractivity contribution in [2.75, 3.05) is 32.8 Å². The van der Waals surface area contributed by atoms with Gasteiger partial charge in [0.25, 0.3) is 0 Å². The van der Waals surface area contributed by atoms with E-state index in [0.29, 0.717) is 0 Å². The lowest BCUT2D eigenvalue weighted by molar-refractivity contribution is 0.104. The summed E-state index contributed by atoms with van der Waals surface area (Å²) in [4.78, 5) is 7.04. The van der Waals surface area contributed by atoms with Gasteiger partial charge in [-0.3, -0.25) is 4.90 Å². The van der Waals surface area contributed by atoms with E-state index < -0.39 is 0 Å². The van der Waals surface area contributed by atoms with Crippen molar-refractivity contribution in [3.05, 3.63) is 11.7 Å². The van der Waals surface area contributed by atoms with Crippen LogP contribution in [0.15, 0.2) is 4.52 Å². The molecule has 1 aromatic rings. The lowest BCUT2D eigenvalue weighted by Gasteiger charge is -2.32. The van der Waals surface area contributed by atoms with E-state index in [1.807, 2.05) is 0 Å². The van der Waals surface area contributed by atoms with Gasteiger partial charge in [-0.05, 0) is 19.3 Å². The Balaban J connectivity index is 1.63. The highest BCUT2D eigenvalue weighted by Crippen LogP contribution is 2.23. The van der Waals surface area contributed by atoms with E-state index >= 15 is 0 Å². The van der Waals surface area contributed by atoms with Gasteiger partial charge in [0.15, 0.2) is 5.82 Å². The SMILES string of the molecule is CCC(c1noc(CC2CCCO2)n1)N1CCNCC1. The van der Waals surface area contributed by atoms with Crippen molar-refractivity contribution in [2.45, 2.75) is 44.8 Å². The van der Waals surface area contributed by atoms with Crippen molar-refractivity contribution in [1.82, 2.24) is 20.4 Å². The Bertz CT molecular complexity index is 411. The molecule has 112 valence electrons. The largest absolute Gasteiger partial charge is 0.378 e. The molecule has 0 spiro atoms. The Morgan fingerprint density at radius 3 is 2.95 bits per heavy atom. The molecule has 3 heterocycles. The molecule has 2 aliphatic rings. The second-order valence-electron chi connectivity index (χ2n) is 5.60. The molecule has 6 nitrogen and oxygen atoms in total. The average Bonchev–Trinajstić information content (AvgIpc) is 3.14. The number of aromatic nitrogens is 2. The number of ether oxygens (including phenoxy) is 1. The molecule has 0 amide bonds. The Morgan fingerprint density at radius 2 is 2.25 bits per heavy atom. The summed E-state index contributed by atoms with van der Waals surface area (Å²) in [6, 6.07) is 0.277. The van der Waals surface area contributed by atoms with Crippen molar-refractivity contribution >= 4 is 0 Å². The summed E-state index contributed by atoms with van der Waals surface area (Å²) < 4.78 is 11.0. The molecule has 0 aliphatic carbocycles. The minimum Gasteiger partial charge on any atom is -0.378 e. The van der Waals surface area contributed by atoms with Crippen LogP contribution in [0.2, 0.25) is 0 Å².